The number of carbonyl (C=O) groups is 1. The first-order valence-corrected chi connectivity index (χ1v) is 5.79. The van der Waals surface area contributed by atoms with Gasteiger partial charge in [-0.1, -0.05) is 22.0 Å². The van der Waals surface area contributed by atoms with Crippen molar-refractivity contribution in [2.75, 3.05) is 11.6 Å². The summed E-state index contributed by atoms with van der Waals surface area (Å²) in [6, 6.07) is 5.73. The van der Waals surface area contributed by atoms with Crippen LogP contribution in [0.15, 0.2) is 33.3 Å². The molecule has 6 heteroatoms. The summed E-state index contributed by atoms with van der Waals surface area (Å²) in [5.74, 6) is -0.505. The van der Waals surface area contributed by atoms with Gasteiger partial charge in [0.05, 0.1) is 5.69 Å². The van der Waals surface area contributed by atoms with E-state index in [0.717, 1.165) is 15.7 Å². The molecule has 3 rings (SSSR count). The predicted molar refractivity (Wildman–Crippen MR) is 67.7 cm³/mol. The number of rotatable bonds is 1. The zero-order valence-electron chi connectivity index (χ0n) is 8.64. The molecule has 2 aliphatic rings. The molecule has 2 heterocycles. The van der Waals surface area contributed by atoms with Crippen LogP contribution in [0.2, 0.25) is 0 Å². The number of benzene rings is 1. The van der Waals surface area contributed by atoms with Gasteiger partial charge in [-0.05, 0) is 23.8 Å². The van der Waals surface area contributed by atoms with Gasteiger partial charge in [0.25, 0.3) is 0 Å². The molecule has 0 aliphatic carbocycles. The maximum Gasteiger partial charge on any atom is 0.339 e. The molecular weight excluding hydrogens is 286 g/mol. The van der Waals surface area contributed by atoms with E-state index in [2.05, 4.69) is 26.5 Å². The van der Waals surface area contributed by atoms with Gasteiger partial charge < -0.3 is 10.0 Å². The number of nitrogens with zero attached hydrogens (tertiary/aromatic N) is 2. The van der Waals surface area contributed by atoms with E-state index in [0.29, 0.717) is 12.5 Å². The number of carboxylic acid groups (broad SMARTS) is 1. The second kappa shape index (κ2) is 3.59. The van der Waals surface area contributed by atoms with Crippen LogP contribution in [0.4, 0.5) is 5.69 Å². The van der Waals surface area contributed by atoms with Gasteiger partial charge in [-0.25, -0.2) is 4.79 Å². The Labute approximate surface area is 106 Å². The van der Waals surface area contributed by atoms with Gasteiger partial charge in [0, 0.05) is 4.47 Å². The van der Waals surface area contributed by atoms with Crippen molar-refractivity contribution in [2.45, 2.75) is 0 Å². The van der Waals surface area contributed by atoms with Gasteiger partial charge in [-0.2, -0.15) is 5.10 Å². The molecule has 0 bridgehead atoms. The standard InChI is InChI=1S/C11H8BrN3O2/c12-7-2-1-6-3-8(11(16)17)10-14-13-5-15(10)9(6)4-7/h1-4,13H,5H2,(H,16,17). The Morgan fingerprint density at radius 2 is 2.35 bits per heavy atom. The zero-order valence-corrected chi connectivity index (χ0v) is 10.2. The summed E-state index contributed by atoms with van der Waals surface area (Å²) in [4.78, 5) is 13.0. The van der Waals surface area contributed by atoms with E-state index < -0.39 is 5.97 Å². The summed E-state index contributed by atoms with van der Waals surface area (Å²) in [5, 5.41) is 13.2. The molecule has 17 heavy (non-hydrogen) atoms. The lowest BCUT2D eigenvalue weighted by Gasteiger charge is -2.25. The molecule has 2 aliphatic heterocycles. The first kappa shape index (κ1) is 10.3. The van der Waals surface area contributed by atoms with Crippen molar-refractivity contribution < 1.29 is 9.90 Å². The monoisotopic (exact) mass is 293 g/mol. The van der Waals surface area contributed by atoms with Crippen molar-refractivity contribution in [3.05, 3.63) is 33.8 Å². The largest absolute Gasteiger partial charge is 0.478 e. The van der Waals surface area contributed by atoms with Crippen LogP contribution in [-0.4, -0.2) is 23.6 Å². The molecule has 5 nitrogen and oxygen atoms in total. The maximum absolute atomic E-state index is 11.2. The molecule has 1 aromatic carbocycles. The van der Waals surface area contributed by atoms with Gasteiger partial charge >= 0.3 is 5.97 Å². The highest BCUT2D eigenvalue weighted by Gasteiger charge is 2.31. The molecule has 0 unspecified atom stereocenters. The number of carboxylic acids is 1. The van der Waals surface area contributed by atoms with E-state index >= 15 is 0 Å². The normalized spacial score (nSPS) is 16.6. The van der Waals surface area contributed by atoms with Crippen molar-refractivity contribution in [3.8, 4) is 0 Å². The fourth-order valence-electron chi connectivity index (χ4n) is 1.97. The molecule has 0 saturated heterocycles. The van der Waals surface area contributed by atoms with E-state index in [-0.39, 0.29) is 5.57 Å². The van der Waals surface area contributed by atoms with Crippen LogP contribution in [0, 0.1) is 0 Å². The Morgan fingerprint density at radius 3 is 3.12 bits per heavy atom. The van der Waals surface area contributed by atoms with Crippen molar-refractivity contribution in [3.63, 3.8) is 0 Å². The number of hydrogen-bond donors (Lipinski definition) is 2. The minimum absolute atomic E-state index is 0.213. The number of anilines is 1. The minimum Gasteiger partial charge on any atom is -0.478 e. The highest BCUT2D eigenvalue weighted by atomic mass is 79.9. The molecule has 86 valence electrons. The maximum atomic E-state index is 11.2. The Hall–Kier alpha value is -1.82. The van der Waals surface area contributed by atoms with Crippen molar-refractivity contribution in [1.82, 2.24) is 5.43 Å². The molecular formula is C11H8BrN3O2. The summed E-state index contributed by atoms with van der Waals surface area (Å²) in [5.41, 5.74) is 4.85. The van der Waals surface area contributed by atoms with Crippen LogP contribution >= 0.6 is 15.9 Å². The first-order valence-electron chi connectivity index (χ1n) is 5.00. The Morgan fingerprint density at radius 1 is 1.53 bits per heavy atom. The highest BCUT2D eigenvalue weighted by molar-refractivity contribution is 9.10. The van der Waals surface area contributed by atoms with Gasteiger partial charge in [0.1, 0.15) is 12.2 Å². The third kappa shape index (κ3) is 1.52. The van der Waals surface area contributed by atoms with E-state index in [1.54, 1.807) is 6.08 Å². The van der Waals surface area contributed by atoms with Crippen molar-refractivity contribution in [2.24, 2.45) is 5.10 Å². The SMILES string of the molecule is O=C(O)C1=Cc2ccc(Br)cc2N2CNN=C12. The van der Waals surface area contributed by atoms with Gasteiger partial charge in [-0.3, -0.25) is 5.43 Å². The summed E-state index contributed by atoms with van der Waals surface area (Å²) in [6.07, 6.45) is 1.65. The van der Waals surface area contributed by atoms with Gasteiger partial charge in [-0.15, -0.1) is 0 Å². The van der Waals surface area contributed by atoms with Crippen molar-refractivity contribution >= 4 is 39.5 Å². The highest BCUT2D eigenvalue weighted by Crippen LogP contribution is 2.33. The quantitative estimate of drug-likeness (QED) is 0.826. The summed E-state index contributed by atoms with van der Waals surface area (Å²) < 4.78 is 0.953. The Bertz CT molecular complexity index is 580. The molecule has 2 N–H and O–H groups in total. The molecule has 0 saturated carbocycles. The topological polar surface area (TPSA) is 64.9 Å². The number of nitrogens with one attached hydrogen (secondary N) is 1. The fourth-order valence-corrected chi connectivity index (χ4v) is 2.32. The minimum atomic E-state index is -0.967. The molecule has 0 atom stereocenters. The molecule has 0 aromatic heterocycles. The fraction of sp³-hybridized carbons (Fsp3) is 0.0909. The number of fused-ring (bicyclic) bond motifs is 3. The average Bonchev–Trinajstić information content (AvgIpc) is 2.76. The Balaban J connectivity index is 2.23. The van der Waals surface area contributed by atoms with E-state index in [1.165, 1.54) is 0 Å². The smallest absolute Gasteiger partial charge is 0.339 e. The van der Waals surface area contributed by atoms with Crippen LogP contribution in [-0.2, 0) is 4.79 Å². The van der Waals surface area contributed by atoms with Crippen LogP contribution < -0.4 is 10.3 Å². The van der Waals surface area contributed by atoms with Crippen molar-refractivity contribution in [1.29, 1.82) is 0 Å². The van der Waals surface area contributed by atoms with Crippen LogP contribution in [0.25, 0.3) is 6.08 Å². The lowest BCUT2D eigenvalue weighted by Crippen LogP contribution is -2.35. The van der Waals surface area contributed by atoms with E-state index in [9.17, 15) is 4.79 Å². The second-order valence-electron chi connectivity index (χ2n) is 3.75. The summed E-state index contributed by atoms with van der Waals surface area (Å²) in [7, 11) is 0. The lowest BCUT2D eigenvalue weighted by molar-refractivity contribution is -0.131. The number of hydrogen-bond acceptors (Lipinski definition) is 4. The lowest BCUT2D eigenvalue weighted by atomic mass is 10.0. The average molecular weight is 294 g/mol. The van der Waals surface area contributed by atoms with Crippen LogP contribution in [0.5, 0.6) is 0 Å². The Kier molecular flexibility index (Phi) is 2.19. The number of amidine groups is 1. The van der Waals surface area contributed by atoms with E-state index in [4.69, 9.17) is 5.11 Å². The number of hydrazone groups is 1. The van der Waals surface area contributed by atoms with Crippen LogP contribution in [0.1, 0.15) is 5.56 Å². The molecule has 1 aromatic rings. The van der Waals surface area contributed by atoms with Gasteiger partial charge in [0.2, 0.25) is 0 Å². The second-order valence-corrected chi connectivity index (χ2v) is 4.66. The zero-order chi connectivity index (χ0) is 12.0. The third-order valence-electron chi connectivity index (χ3n) is 2.72. The predicted octanol–water partition coefficient (Wildman–Crippen LogP) is 1.61. The van der Waals surface area contributed by atoms with Gasteiger partial charge in [0.15, 0.2) is 5.84 Å². The molecule has 0 spiro atoms. The summed E-state index contributed by atoms with van der Waals surface area (Å²) >= 11 is 3.41. The van der Waals surface area contributed by atoms with Crippen LogP contribution in [0.3, 0.4) is 0 Å². The third-order valence-corrected chi connectivity index (χ3v) is 3.22. The number of halogens is 1. The molecule has 0 radical (unpaired) electrons. The van der Waals surface area contributed by atoms with E-state index in [1.807, 2.05) is 23.1 Å². The first-order chi connectivity index (χ1) is 8.16. The number of aliphatic carboxylic acids is 1. The molecule has 0 fully saturated rings. The summed E-state index contributed by atoms with van der Waals surface area (Å²) in [6.45, 7) is 0.489. The molecule has 0 amide bonds.